The van der Waals surface area contributed by atoms with Gasteiger partial charge in [-0.05, 0) is 31.9 Å². The number of carbonyl (C=O) groups excluding carboxylic acids is 2. The molecule has 3 rings (SSSR count). The molecule has 1 heterocycles. The van der Waals surface area contributed by atoms with Crippen molar-refractivity contribution in [2.45, 2.75) is 64.0 Å². The van der Waals surface area contributed by atoms with Gasteiger partial charge in [-0.3, -0.25) is 9.59 Å². The summed E-state index contributed by atoms with van der Waals surface area (Å²) in [6.45, 7) is 2.14. The van der Waals surface area contributed by atoms with Crippen molar-refractivity contribution in [3.05, 3.63) is 24.3 Å². The zero-order chi connectivity index (χ0) is 16.9. The van der Waals surface area contributed by atoms with Crippen molar-refractivity contribution >= 4 is 17.5 Å². The lowest BCUT2D eigenvalue weighted by molar-refractivity contribution is -0.125. The smallest absolute Gasteiger partial charge is 0.267 e. The predicted molar refractivity (Wildman–Crippen MR) is 93.1 cm³/mol. The van der Waals surface area contributed by atoms with E-state index < -0.39 is 6.10 Å². The molecule has 1 aliphatic heterocycles. The van der Waals surface area contributed by atoms with Crippen molar-refractivity contribution in [1.82, 2.24) is 5.32 Å². The minimum atomic E-state index is -0.509. The number of amides is 2. The number of para-hydroxylation sites is 2. The molecule has 5 nitrogen and oxygen atoms in total. The molecule has 0 radical (unpaired) electrons. The van der Waals surface area contributed by atoms with E-state index in [1.54, 1.807) is 11.8 Å². The third-order valence-electron chi connectivity index (χ3n) is 4.86. The summed E-state index contributed by atoms with van der Waals surface area (Å²) in [6.07, 6.45) is 6.88. The van der Waals surface area contributed by atoms with E-state index in [0.29, 0.717) is 24.8 Å². The summed E-state index contributed by atoms with van der Waals surface area (Å²) in [5, 5.41) is 3.14. The van der Waals surface area contributed by atoms with Gasteiger partial charge in [0, 0.05) is 19.0 Å². The van der Waals surface area contributed by atoms with E-state index >= 15 is 0 Å². The van der Waals surface area contributed by atoms with Crippen LogP contribution >= 0.6 is 0 Å². The highest BCUT2D eigenvalue weighted by Gasteiger charge is 2.31. The number of nitrogens with one attached hydrogen (secondary N) is 1. The Morgan fingerprint density at radius 2 is 1.92 bits per heavy atom. The van der Waals surface area contributed by atoms with Crippen LogP contribution in [0, 0.1) is 0 Å². The Bertz CT molecular complexity index is 594. The average Bonchev–Trinajstić information content (AvgIpc) is 2.84. The van der Waals surface area contributed by atoms with Gasteiger partial charge in [0.05, 0.1) is 5.69 Å². The Morgan fingerprint density at radius 1 is 1.21 bits per heavy atom. The molecule has 1 saturated carbocycles. The molecule has 0 aromatic heterocycles. The van der Waals surface area contributed by atoms with Gasteiger partial charge in [-0.25, -0.2) is 0 Å². The van der Waals surface area contributed by atoms with Gasteiger partial charge in [-0.2, -0.15) is 0 Å². The largest absolute Gasteiger partial charge is 0.479 e. The molecule has 1 N–H and O–H groups in total. The van der Waals surface area contributed by atoms with Crippen LogP contribution in [0.1, 0.15) is 51.9 Å². The van der Waals surface area contributed by atoms with Gasteiger partial charge in [0.2, 0.25) is 5.91 Å². The van der Waals surface area contributed by atoms with Gasteiger partial charge in [0.15, 0.2) is 6.10 Å². The number of rotatable bonds is 4. The Balaban J connectivity index is 1.59. The number of ether oxygens (including phenoxy) is 1. The fourth-order valence-electron chi connectivity index (χ4n) is 3.53. The van der Waals surface area contributed by atoms with Crippen LogP contribution in [0.25, 0.3) is 0 Å². The second-order valence-corrected chi connectivity index (χ2v) is 6.72. The normalized spacial score (nSPS) is 21.6. The Hall–Kier alpha value is -2.04. The van der Waals surface area contributed by atoms with Crippen molar-refractivity contribution in [3.63, 3.8) is 0 Å². The predicted octanol–water partition coefficient (Wildman–Crippen LogP) is 3.03. The highest BCUT2D eigenvalue weighted by Crippen LogP contribution is 2.33. The Kier molecular flexibility index (Phi) is 5.38. The Morgan fingerprint density at radius 3 is 2.67 bits per heavy atom. The maximum atomic E-state index is 12.4. The SMILES string of the molecule is CC1Oc2ccccc2N(CCC(=O)NC2CCCCCC2)C1=O. The van der Waals surface area contributed by atoms with E-state index in [9.17, 15) is 9.59 Å². The summed E-state index contributed by atoms with van der Waals surface area (Å²) < 4.78 is 5.62. The monoisotopic (exact) mass is 330 g/mol. The molecule has 5 heteroatoms. The Labute approximate surface area is 143 Å². The van der Waals surface area contributed by atoms with Crippen LogP contribution in [0.3, 0.4) is 0 Å². The molecule has 130 valence electrons. The highest BCUT2D eigenvalue weighted by atomic mass is 16.5. The van der Waals surface area contributed by atoms with E-state index in [1.165, 1.54) is 25.7 Å². The second-order valence-electron chi connectivity index (χ2n) is 6.72. The maximum Gasteiger partial charge on any atom is 0.267 e. The van der Waals surface area contributed by atoms with Crippen molar-refractivity contribution < 1.29 is 14.3 Å². The number of nitrogens with zero attached hydrogens (tertiary/aromatic N) is 1. The molecule has 0 saturated heterocycles. The summed E-state index contributed by atoms with van der Waals surface area (Å²) in [5.41, 5.74) is 0.753. The summed E-state index contributed by atoms with van der Waals surface area (Å²) in [7, 11) is 0. The molecule has 0 bridgehead atoms. The minimum Gasteiger partial charge on any atom is -0.479 e. The van der Waals surface area contributed by atoms with Gasteiger partial charge < -0.3 is 15.0 Å². The summed E-state index contributed by atoms with van der Waals surface area (Å²) in [4.78, 5) is 26.4. The van der Waals surface area contributed by atoms with Crippen LogP contribution < -0.4 is 15.0 Å². The van der Waals surface area contributed by atoms with Crippen molar-refractivity contribution in [2.75, 3.05) is 11.4 Å². The van der Waals surface area contributed by atoms with E-state index in [-0.39, 0.29) is 11.8 Å². The molecular weight excluding hydrogens is 304 g/mol. The zero-order valence-corrected chi connectivity index (χ0v) is 14.3. The number of fused-ring (bicyclic) bond motifs is 1. The molecule has 24 heavy (non-hydrogen) atoms. The maximum absolute atomic E-state index is 12.4. The molecule has 1 unspecified atom stereocenters. The minimum absolute atomic E-state index is 0.0336. The zero-order valence-electron chi connectivity index (χ0n) is 14.3. The van der Waals surface area contributed by atoms with E-state index in [4.69, 9.17) is 4.74 Å². The van der Waals surface area contributed by atoms with E-state index in [1.807, 2.05) is 24.3 Å². The topological polar surface area (TPSA) is 58.6 Å². The average molecular weight is 330 g/mol. The molecule has 0 spiro atoms. The first-order valence-corrected chi connectivity index (χ1v) is 9.01. The third kappa shape index (κ3) is 3.89. The van der Waals surface area contributed by atoms with Gasteiger partial charge in [0.25, 0.3) is 5.91 Å². The summed E-state index contributed by atoms with van der Waals surface area (Å²) >= 11 is 0. The first-order chi connectivity index (χ1) is 11.6. The van der Waals surface area contributed by atoms with Crippen LogP contribution in [0.15, 0.2) is 24.3 Å². The lowest BCUT2D eigenvalue weighted by Crippen LogP contribution is -2.46. The number of carbonyl (C=O) groups is 2. The molecule has 1 aliphatic carbocycles. The van der Waals surface area contributed by atoms with Crippen molar-refractivity contribution in [1.29, 1.82) is 0 Å². The summed E-state index contributed by atoms with van der Waals surface area (Å²) in [5.74, 6) is 0.649. The fourth-order valence-corrected chi connectivity index (χ4v) is 3.53. The molecule has 1 aromatic carbocycles. The lowest BCUT2D eigenvalue weighted by Gasteiger charge is -2.33. The number of benzene rings is 1. The van der Waals surface area contributed by atoms with Crippen LogP contribution in [0.5, 0.6) is 5.75 Å². The molecular formula is C19H26N2O3. The standard InChI is InChI=1S/C19H26N2O3/c1-14-19(23)21(16-10-6-7-11-17(16)24-14)13-12-18(22)20-15-8-4-2-3-5-9-15/h6-7,10-11,14-15H,2-5,8-9,12-13H2,1H3,(H,20,22). The highest BCUT2D eigenvalue weighted by molar-refractivity contribution is 6.00. The first kappa shape index (κ1) is 16.8. The lowest BCUT2D eigenvalue weighted by atomic mass is 10.1. The van der Waals surface area contributed by atoms with Gasteiger partial charge >= 0.3 is 0 Å². The second kappa shape index (κ2) is 7.69. The van der Waals surface area contributed by atoms with Crippen LogP contribution in [-0.2, 0) is 9.59 Å². The molecule has 1 atom stereocenters. The quantitative estimate of drug-likeness (QED) is 0.863. The van der Waals surface area contributed by atoms with Crippen molar-refractivity contribution in [3.8, 4) is 5.75 Å². The van der Waals surface area contributed by atoms with Gasteiger partial charge in [-0.15, -0.1) is 0 Å². The molecule has 2 amide bonds. The number of anilines is 1. The van der Waals surface area contributed by atoms with Crippen LogP contribution in [-0.4, -0.2) is 30.5 Å². The number of hydrogen-bond donors (Lipinski definition) is 1. The molecule has 2 aliphatic rings. The first-order valence-electron chi connectivity index (χ1n) is 9.01. The van der Waals surface area contributed by atoms with E-state index in [0.717, 1.165) is 18.5 Å². The van der Waals surface area contributed by atoms with Gasteiger partial charge in [-0.1, -0.05) is 37.8 Å². The molecule has 1 fully saturated rings. The molecule has 1 aromatic rings. The van der Waals surface area contributed by atoms with E-state index in [2.05, 4.69) is 5.32 Å². The van der Waals surface area contributed by atoms with Crippen LogP contribution in [0.4, 0.5) is 5.69 Å². The summed E-state index contributed by atoms with van der Waals surface area (Å²) in [6, 6.07) is 7.79. The van der Waals surface area contributed by atoms with Crippen molar-refractivity contribution in [2.24, 2.45) is 0 Å². The van der Waals surface area contributed by atoms with Crippen LogP contribution in [0.2, 0.25) is 0 Å². The fraction of sp³-hybridized carbons (Fsp3) is 0.579. The van der Waals surface area contributed by atoms with Gasteiger partial charge in [0.1, 0.15) is 5.75 Å². The third-order valence-corrected chi connectivity index (χ3v) is 4.86. The number of hydrogen-bond acceptors (Lipinski definition) is 3.